The molecule has 3 aromatic rings. The molecule has 1 saturated heterocycles. The van der Waals surface area contributed by atoms with Gasteiger partial charge in [0.2, 0.25) is 11.7 Å². The van der Waals surface area contributed by atoms with Crippen molar-refractivity contribution in [3.05, 3.63) is 65.8 Å². The van der Waals surface area contributed by atoms with Crippen LogP contribution in [0.2, 0.25) is 0 Å². The first-order valence-corrected chi connectivity index (χ1v) is 11.2. The van der Waals surface area contributed by atoms with Crippen molar-refractivity contribution >= 4 is 11.6 Å². The summed E-state index contributed by atoms with van der Waals surface area (Å²) in [7, 11) is 0. The molecule has 0 bridgehead atoms. The summed E-state index contributed by atoms with van der Waals surface area (Å²) in [6.45, 7) is 8.60. The molecule has 7 heteroatoms. The summed E-state index contributed by atoms with van der Waals surface area (Å²) in [6.07, 6.45) is 1.73. The molecular formula is C25H29FN4O2. The smallest absolute Gasteiger partial charge is 0.253 e. The minimum Gasteiger partial charge on any atom is -0.369 e. The minimum atomic E-state index is -0.343. The number of anilines is 1. The second kappa shape index (κ2) is 9.51. The Morgan fingerprint density at radius 2 is 2.03 bits per heavy atom. The fourth-order valence-corrected chi connectivity index (χ4v) is 4.33. The highest BCUT2D eigenvalue weighted by Gasteiger charge is 2.29. The number of carbonyl (C=O) groups excluding carboxylic acids is 1. The molecule has 1 amide bonds. The van der Waals surface area contributed by atoms with Gasteiger partial charge in [-0.25, -0.2) is 4.39 Å². The van der Waals surface area contributed by atoms with Crippen LogP contribution in [0.25, 0.3) is 11.4 Å². The number of carbonyl (C=O) groups is 1. The predicted molar refractivity (Wildman–Crippen MR) is 122 cm³/mol. The van der Waals surface area contributed by atoms with Gasteiger partial charge in [-0.05, 0) is 70.0 Å². The van der Waals surface area contributed by atoms with E-state index in [0.717, 1.165) is 25.1 Å². The Balaban J connectivity index is 1.45. The molecule has 1 aliphatic heterocycles. The van der Waals surface area contributed by atoms with Crippen LogP contribution >= 0.6 is 0 Å². The van der Waals surface area contributed by atoms with Gasteiger partial charge < -0.3 is 14.3 Å². The van der Waals surface area contributed by atoms with Crippen molar-refractivity contribution in [1.29, 1.82) is 0 Å². The molecule has 1 aliphatic rings. The van der Waals surface area contributed by atoms with E-state index in [-0.39, 0.29) is 17.6 Å². The molecule has 0 saturated carbocycles. The third kappa shape index (κ3) is 4.66. The van der Waals surface area contributed by atoms with Crippen molar-refractivity contribution in [3.8, 4) is 11.4 Å². The zero-order chi connectivity index (χ0) is 22.7. The van der Waals surface area contributed by atoms with Crippen LogP contribution in [-0.4, -0.2) is 46.6 Å². The quantitative estimate of drug-likeness (QED) is 0.536. The highest BCUT2D eigenvalue weighted by molar-refractivity contribution is 5.94. The number of hydrogen-bond acceptors (Lipinski definition) is 5. The Morgan fingerprint density at radius 1 is 1.25 bits per heavy atom. The normalized spacial score (nSPS) is 16.4. The highest BCUT2D eigenvalue weighted by Crippen LogP contribution is 2.29. The lowest BCUT2D eigenvalue weighted by atomic mass is 9.97. The molecule has 1 unspecified atom stereocenters. The molecule has 1 aromatic heterocycles. The third-order valence-corrected chi connectivity index (χ3v) is 5.99. The van der Waals surface area contributed by atoms with Crippen molar-refractivity contribution in [3.63, 3.8) is 0 Å². The second-order valence-corrected chi connectivity index (χ2v) is 8.48. The molecule has 0 radical (unpaired) electrons. The van der Waals surface area contributed by atoms with Crippen LogP contribution in [-0.2, 0) is 0 Å². The van der Waals surface area contributed by atoms with Gasteiger partial charge in [0.25, 0.3) is 5.91 Å². The zero-order valence-electron chi connectivity index (χ0n) is 18.8. The molecule has 0 spiro atoms. The third-order valence-electron chi connectivity index (χ3n) is 5.99. The molecule has 0 N–H and O–H groups in total. The van der Waals surface area contributed by atoms with Crippen LogP contribution in [0.5, 0.6) is 0 Å². The molecule has 32 heavy (non-hydrogen) atoms. The number of nitrogens with zero attached hydrogens (tertiary/aromatic N) is 4. The number of aromatic nitrogens is 2. The molecule has 2 aromatic carbocycles. The highest BCUT2D eigenvalue weighted by atomic mass is 19.1. The largest absolute Gasteiger partial charge is 0.369 e. The number of rotatable bonds is 6. The Kier molecular flexibility index (Phi) is 6.53. The number of hydrogen-bond donors (Lipinski definition) is 0. The lowest BCUT2D eigenvalue weighted by molar-refractivity contribution is 0.0695. The summed E-state index contributed by atoms with van der Waals surface area (Å²) in [5.41, 5.74) is 2.37. The van der Waals surface area contributed by atoms with Crippen molar-refractivity contribution in [2.45, 2.75) is 45.6 Å². The van der Waals surface area contributed by atoms with Gasteiger partial charge in [0.05, 0.1) is 5.92 Å². The topological polar surface area (TPSA) is 62.5 Å². The van der Waals surface area contributed by atoms with E-state index in [1.807, 2.05) is 29.2 Å². The first-order valence-electron chi connectivity index (χ1n) is 11.2. The SMILES string of the molecule is CCN(c1ccc(C(=O)N2CCCC(c3nc(-c4cccc(F)c4)no3)C2)cc1)C(C)C. The average Bonchev–Trinajstić information content (AvgIpc) is 3.30. The van der Waals surface area contributed by atoms with Crippen LogP contribution in [0.15, 0.2) is 53.1 Å². The fraction of sp³-hybridized carbons (Fsp3) is 0.400. The van der Waals surface area contributed by atoms with Crippen LogP contribution in [0.3, 0.4) is 0 Å². The molecule has 2 heterocycles. The molecular weight excluding hydrogens is 407 g/mol. The van der Waals surface area contributed by atoms with Crippen molar-refractivity contribution in [2.75, 3.05) is 24.5 Å². The van der Waals surface area contributed by atoms with Crippen molar-refractivity contribution in [2.24, 2.45) is 0 Å². The number of amides is 1. The first kappa shape index (κ1) is 22.0. The maximum atomic E-state index is 13.5. The van der Waals surface area contributed by atoms with Gasteiger partial charge in [0.15, 0.2) is 0 Å². The van der Waals surface area contributed by atoms with Gasteiger partial charge in [0, 0.05) is 42.5 Å². The van der Waals surface area contributed by atoms with Gasteiger partial charge >= 0.3 is 0 Å². The van der Waals surface area contributed by atoms with Crippen LogP contribution in [0, 0.1) is 5.82 Å². The Morgan fingerprint density at radius 3 is 2.72 bits per heavy atom. The maximum Gasteiger partial charge on any atom is 0.253 e. The first-order chi connectivity index (χ1) is 15.5. The molecule has 4 rings (SSSR count). The number of likely N-dealkylation sites (tertiary alicyclic amines) is 1. The molecule has 6 nitrogen and oxygen atoms in total. The van der Waals surface area contributed by atoms with E-state index in [1.165, 1.54) is 12.1 Å². The molecule has 168 valence electrons. The summed E-state index contributed by atoms with van der Waals surface area (Å²) in [5, 5.41) is 4.02. The van der Waals surface area contributed by atoms with Crippen LogP contribution in [0.4, 0.5) is 10.1 Å². The lowest BCUT2D eigenvalue weighted by Crippen LogP contribution is -2.39. The Hall–Kier alpha value is -3.22. The van der Waals surface area contributed by atoms with E-state index < -0.39 is 0 Å². The van der Waals surface area contributed by atoms with E-state index >= 15 is 0 Å². The van der Waals surface area contributed by atoms with Gasteiger partial charge in [-0.15, -0.1) is 0 Å². The van der Waals surface area contributed by atoms with Gasteiger partial charge in [0.1, 0.15) is 5.82 Å². The Bertz CT molecular complexity index is 1060. The summed E-state index contributed by atoms with van der Waals surface area (Å²) >= 11 is 0. The van der Waals surface area contributed by atoms with Gasteiger partial charge in [-0.1, -0.05) is 17.3 Å². The van der Waals surface area contributed by atoms with Crippen molar-refractivity contribution < 1.29 is 13.7 Å². The van der Waals surface area contributed by atoms with E-state index in [1.54, 1.807) is 12.1 Å². The predicted octanol–water partition coefficient (Wildman–Crippen LogP) is 5.13. The summed E-state index contributed by atoms with van der Waals surface area (Å²) in [6, 6.07) is 14.4. The zero-order valence-corrected chi connectivity index (χ0v) is 18.8. The number of benzene rings is 2. The Labute approximate surface area is 188 Å². The average molecular weight is 437 g/mol. The van der Waals surface area contributed by atoms with Crippen LogP contribution in [0.1, 0.15) is 55.8 Å². The van der Waals surface area contributed by atoms with E-state index in [9.17, 15) is 9.18 Å². The monoisotopic (exact) mass is 436 g/mol. The van der Waals surface area contributed by atoms with E-state index in [2.05, 4.69) is 35.8 Å². The molecule has 0 aliphatic carbocycles. The number of piperidine rings is 1. The standard InChI is InChI=1S/C25H29FN4O2/c1-4-30(17(2)3)22-12-10-18(11-13-22)25(31)29-14-6-8-20(16-29)24-27-23(28-32-24)19-7-5-9-21(26)15-19/h5,7,9-13,15,17,20H,4,6,8,14,16H2,1-3H3. The molecule has 1 atom stereocenters. The lowest BCUT2D eigenvalue weighted by Gasteiger charge is -2.31. The van der Waals surface area contributed by atoms with E-state index in [0.29, 0.717) is 42.0 Å². The summed E-state index contributed by atoms with van der Waals surface area (Å²) in [5.74, 6) is 0.499. The number of halogens is 1. The second-order valence-electron chi connectivity index (χ2n) is 8.48. The van der Waals surface area contributed by atoms with Crippen LogP contribution < -0.4 is 4.90 Å². The van der Waals surface area contributed by atoms with E-state index in [4.69, 9.17) is 4.52 Å². The summed E-state index contributed by atoms with van der Waals surface area (Å²) in [4.78, 5) is 21.8. The van der Waals surface area contributed by atoms with Crippen molar-refractivity contribution in [1.82, 2.24) is 15.0 Å². The molecule has 1 fully saturated rings. The maximum absolute atomic E-state index is 13.5. The summed E-state index contributed by atoms with van der Waals surface area (Å²) < 4.78 is 19.0. The fourth-order valence-electron chi connectivity index (χ4n) is 4.33. The van der Waals surface area contributed by atoms with Gasteiger partial charge in [-0.3, -0.25) is 4.79 Å². The van der Waals surface area contributed by atoms with Gasteiger partial charge in [-0.2, -0.15) is 4.98 Å². The minimum absolute atomic E-state index is 0.0127.